The first kappa shape index (κ1) is 27.3. The van der Waals surface area contributed by atoms with Crippen molar-refractivity contribution in [2.75, 3.05) is 27.2 Å². The Morgan fingerprint density at radius 3 is 1.86 bits per heavy atom. The van der Waals surface area contributed by atoms with Gasteiger partial charge in [-0.2, -0.15) is 0 Å². The molecule has 0 saturated heterocycles. The third kappa shape index (κ3) is 10.1. The maximum absolute atomic E-state index is 12.0. The number of carbonyl (C=O) groups is 1. The lowest BCUT2D eigenvalue weighted by molar-refractivity contribution is -0.000214. The fraction of sp³-hybridized carbons (Fsp3) is 0.696. The zero-order valence-electron chi connectivity index (χ0n) is 20.7. The molecule has 0 radical (unpaired) electrons. The summed E-state index contributed by atoms with van der Waals surface area (Å²) in [4.78, 5) is 15.6. The van der Waals surface area contributed by atoms with Gasteiger partial charge in [-0.3, -0.25) is 0 Å². The number of hydrogen-bond donors (Lipinski definition) is 0. The largest absolute Gasteiger partial charge is 0.444 e. The van der Waals surface area contributed by atoms with Gasteiger partial charge in [0.15, 0.2) is 0 Å². The Morgan fingerprint density at radius 1 is 0.931 bits per heavy atom. The van der Waals surface area contributed by atoms with Crippen molar-refractivity contribution in [3.8, 4) is 0 Å². The third-order valence-corrected chi connectivity index (χ3v) is 5.26. The highest BCUT2D eigenvalue weighted by atomic mass is 16.6. The van der Waals surface area contributed by atoms with Crippen LogP contribution in [0.25, 0.3) is 0 Å². The van der Waals surface area contributed by atoms with Gasteiger partial charge >= 0.3 is 13.0 Å². The molecular weight excluding hydrogens is 363 g/mol. The highest BCUT2D eigenvalue weighted by Crippen LogP contribution is 2.34. The summed E-state index contributed by atoms with van der Waals surface area (Å²) < 4.78 is 11.6. The molecule has 0 rings (SSSR count). The van der Waals surface area contributed by atoms with E-state index in [-0.39, 0.29) is 24.0 Å². The summed E-state index contributed by atoms with van der Waals surface area (Å²) in [6, 6.07) is 0. The van der Waals surface area contributed by atoms with Gasteiger partial charge in [-0.25, -0.2) is 4.79 Å². The van der Waals surface area contributed by atoms with E-state index >= 15 is 0 Å². The average Bonchev–Trinajstić information content (AvgIpc) is 2.53. The molecule has 166 valence electrons. The van der Waals surface area contributed by atoms with Gasteiger partial charge in [-0.15, -0.1) is 6.58 Å². The maximum Gasteiger partial charge on any atom is 0.410 e. The summed E-state index contributed by atoms with van der Waals surface area (Å²) >= 11 is 0. The van der Waals surface area contributed by atoms with Crippen LogP contribution in [0.4, 0.5) is 4.79 Å². The highest BCUT2D eigenvalue weighted by Gasteiger charge is 2.35. The molecule has 0 heterocycles. The van der Waals surface area contributed by atoms with Crippen molar-refractivity contribution < 1.29 is 14.2 Å². The topological polar surface area (TPSA) is 42.0 Å². The number of hydrogen-bond acceptors (Lipinski definition) is 4. The van der Waals surface area contributed by atoms with Crippen LogP contribution in [0.2, 0.25) is 6.82 Å². The molecule has 0 aliphatic heterocycles. The van der Waals surface area contributed by atoms with Crippen molar-refractivity contribution in [3.05, 3.63) is 36.5 Å². The van der Waals surface area contributed by atoms with Gasteiger partial charge in [0.1, 0.15) is 5.60 Å². The minimum Gasteiger partial charge on any atom is -0.444 e. The number of allylic oxidation sites excluding steroid dienone is 3. The van der Waals surface area contributed by atoms with E-state index in [1.54, 1.807) is 11.9 Å². The molecule has 0 aliphatic carbocycles. The molecule has 0 aliphatic rings. The zero-order valence-corrected chi connectivity index (χ0v) is 20.7. The second-order valence-corrected chi connectivity index (χ2v) is 10.2. The Kier molecular flexibility index (Phi) is 9.77. The molecule has 0 N–H and O–H groups in total. The molecule has 0 spiro atoms. The number of nitrogens with zero attached hydrogens (tertiary/aromatic N) is 2. The lowest BCUT2D eigenvalue weighted by atomic mass is 9.61. The van der Waals surface area contributed by atoms with Crippen molar-refractivity contribution in [2.24, 2.45) is 5.41 Å². The van der Waals surface area contributed by atoms with Crippen LogP contribution in [-0.4, -0.2) is 61.2 Å². The predicted octanol–water partition coefficient (Wildman–Crippen LogP) is 5.41. The molecular formula is C23H43BN2O3. The summed E-state index contributed by atoms with van der Waals surface area (Å²) in [5.41, 5.74) is 0.983. The summed E-state index contributed by atoms with van der Waals surface area (Å²) in [7, 11) is 3.68. The Morgan fingerprint density at radius 2 is 1.41 bits per heavy atom. The Bertz CT molecular complexity index is 613. The van der Waals surface area contributed by atoms with Crippen molar-refractivity contribution in [1.82, 2.24) is 9.80 Å². The maximum atomic E-state index is 12.0. The molecule has 6 heteroatoms. The van der Waals surface area contributed by atoms with Crippen molar-refractivity contribution >= 4 is 13.0 Å². The van der Waals surface area contributed by atoms with Gasteiger partial charge in [-0.05, 0) is 46.1 Å². The number of ether oxygens (including phenoxy) is 1. The first-order valence-corrected chi connectivity index (χ1v) is 10.3. The van der Waals surface area contributed by atoms with E-state index in [1.165, 1.54) is 0 Å². The van der Waals surface area contributed by atoms with Gasteiger partial charge in [-0.1, -0.05) is 45.7 Å². The van der Waals surface area contributed by atoms with E-state index in [0.29, 0.717) is 13.1 Å². The second-order valence-electron chi connectivity index (χ2n) is 10.2. The van der Waals surface area contributed by atoms with Gasteiger partial charge in [0.25, 0.3) is 0 Å². The van der Waals surface area contributed by atoms with Gasteiger partial charge in [0, 0.05) is 32.9 Å². The van der Waals surface area contributed by atoms with Crippen LogP contribution in [0, 0.1) is 5.41 Å². The van der Waals surface area contributed by atoms with Gasteiger partial charge < -0.3 is 19.2 Å². The summed E-state index contributed by atoms with van der Waals surface area (Å²) in [6.45, 7) is 27.6. The lowest BCUT2D eigenvalue weighted by Crippen LogP contribution is -2.43. The minimum atomic E-state index is -0.496. The van der Waals surface area contributed by atoms with Crippen LogP contribution < -0.4 is 0 Å². The molecule has 0 unspecified atom stereocenters. The molecule has 0 saturated carbocycles. The standard InChI is InChI=1S/C23H43BN2O3/c1-18(24(11)29-23(9,10)21(3,4)5)14-15-19(2)25(12)16-17-26(13)20(27)28-22(6,7)8/h14-15H,1-2,16-17H2,3-13H3/b15-14-. The molecule has 0 bridgehead atoms. The van der Waals surface area contributed by atoms with Crippen molar-refractivity contribution in [3.63, 3.8) is 0 Å². The van der Waals surface area contributed by atoms with E-state index in [4.69, 9.17) is 9.39 Å². The van der Waals surface area contributed by atoms with Crippen molar-refractivity contribution in [2.45, 2.75) is 73.4 Å². The summed E-state index contributed by atoms with van der Waals surface area (Å²) in [5.74, 6) is 0. The van der Waals surface area contributed by atoms with Crippen LogP contribution in [0.3, 0.4) is 0 Å². The lowest BCUT2D eigenvalue weighted by Gasteiger charge is -2.41. The number of likely N-dealkylation sites (N-methyl/N-ethyl adjacent to an activating group) is 2. The normalized spacial score (nSPS) is 12.7. The third-order valence-electron chi connectivity index (χ3n) is 5.26. The van der Waals surface area contributed by atoms with E-state index in [9.17, 15) is 4.79 Å². The smallest absolute Gasteiger partial charge is 0.410 e. The fourth-order valence-corrected chi connectivity index (χ4v) is 2.04. The molecule has 0 aromatic heterocycles. The number of rotatable bonds is 9. The molecule has 0 fully saturated rings. The van der Waals surface area contributed by atoms with Crippen LogP contribution >= 0.6 is 0 Å². The van der Waals surface area contributed by atoms with Crippen LogP contribution in [0.15, 0.2) is 36.5 Å². The van der Waals surface area contributed by atoms with E-state index < -0.39 is 5.60 Å². The molecule has 29 heavy (non-hydrogen) atoms. The van der Waals surface area contributed by atoms with E-state index in [2.05, 4.69) is 47.8 Å². The quantitative estimate of drug-likeness (QED) is 0.379. The van der Waals surface area contributed by atoms with Crippen LogP contribution in [0.5, 0.6) is 0 Å². The molecule has 5 nitrogen and oxygen atoms in total. The predicted molar refractivity (Wildman–Crippen MR) is 125 cm³/mol. The monoisotopic (exact) mass is 406 g/mol. The zero-order chi connectivity index (χ0) is 23.2. The van der Waals surface area contributed by atoms with E-state index in [0.717, 1.165) is 11.2 Å². The van der Waals surface area contributed by atoms with Gasteiger partial charge in [0.2, 0.25) is 0 Å². The van der Waals surface area contributed by atoms with Crippen molar-refractivity contribution in [1.29, 1.82) is 0 Å². The second kappa shape index (κ2) is 10.4. The van der Waals surface area contributed by atoms with E-state index in [1.807, 2.05) is 51.7 Å². The molecule has 1 amide bonds. The highest BCUT2D eigenvalue weighted by molar-refractivity contribution is 6.59. The Hall–Kier alpha value is -1.69. The number of carbonyl (C=O) groups excluding carboxylic acids is 1. The Balaban J connectivity index is 4.65. The minimum absolute atomic E-state index is 0.0230. The first-order chi connectivity index (χ1) is 12.9. The van der Waals surface area contributed by atoms with Crippen LogP contribution in [-0.2, 0) is 9.39 Å². The summed E-state index contributed by atoms with van der Waals surface area (Å²) in [5, 5.41) is 0. The molecule has 0 aromatic carbocycles. The van der Waals surface area contributed by atoms with Crippen LogP contribution in [0.1, 0.15) is 55.4 Å². The van der Waals surface area contributed by atoms with Gasteiger partial charge in [0.05, 0.1) is 5.60 Å². The Labute approximate surface area is 179 Å². The first-order valence-electron chi connectivity index (χ1n) is 10.3. The fourth-order valence-electron chi connectivity index (χ4n) is 2.04. The number of amides is 1. The summed E-state index contributed by atoms with van der Waals surface area (Å²) in [6.07, 6.45) is 3.55. The molecule has 0 atom stereocenters. The average molecular weight is 406 g/mol. The SMILES string of the molecule is C=C(/C=C\C(=C)N(C)CCN(C)C(=O)OC(C)(C)C)B(C)OC(C)(C)C(C)(C)C. The molecule has 0 aromatic rings.